The first kappa shape index (κ1) is 24.0. The lowest BCUT2D eigenvalue weighted by Gasteiger charge is -2.27. The number of nitrogens with zero attached hydrogens (tertiary/aromatic N) is 4. The number of carbonyl (C=O) groups excluding carboxylic acids is 2. The van der Waals surface area contributed by atoms with E-state index < -0.39 is 5.91 Å². The number of aromatic nitrogens is 2. The van der Waals surface area contributed by atoms with Crippen LogP contribution in [0.2, 0.25) is 0 Å². The van der Waals surface area contributed by atoms with E-state index in [4.69, 9.17) is 5.10 Å². The number of amides is 2. The van der Waals surface area contributed by atoms with Crippen LogP contribution in [-0.2, 0) is 9.59 Å². The van der Waals surface area contributed by atoms with Crippen LogP contribution in [0.25, 0.3) is 33.8 Å². The van der Waals surface area contributed by atoms with Gasteiger partial charge in [0.2, 0.25) is 0 Å². The Morgan fingerprint density at radius 2 is 1.68 bits per heavy atom. The van der Waals surface area contributed by atoms with Crippen LogP contribution in [0.15, 0.2) is 95.7 Å². The Hall–Kier alpha value is -4.76. The molecule has 2 amide bonds. The Labute approximate surface area is 215 Å². The summed E-state index contributed by atoms with van der Waals surface area (Å²) in [5.41, 5.74) is 3.95. The molecular formula is C31H26N4O2. The molecule has 0 saturated heterocycles. The molecule has 2 heterocycles. The van der Waals surface area contributed by atoms with Crippen LogP contribution >= 0.6 is 0 Å². The van der Waals surface area contributed by atoms with Gasteiger partial charge in [-0.15, -0.1) is 0 Å². The molecule has 0 N–H and O–H groups in total. The van der Waals surface area contributed by atoms with Gasteiger partial charge in [-0.05, 0) is 54.0 Å². The van der Waals surface area contributed by atoms with E-state index in [1.807, 2.05) is 67.7 Å². The number of rotatable bonds is 6. The summed E-state index contributed by atoms with van der Waals surface area (Å²) >= 11 is 0. The second-order valence-corrected chi connectivity index (χ2v) is 9.06. The normalized spacial score (nSPS) is 15.1. The molecule has 6 nitrogen and oxygen atoms in total. The molecule has 1 aliphatic heterocycles. The van der Waals surface area contributed by atoms with Crippen molar-refractivity contribution in [2.75, 3.05) is 6.54 Å². The highest BCUT2D eigenvalue weighted by atomic mass is 16.2. The van der Waals surface area contributed by atoms with Gasteiger partial charge in [0, 0.05) is 29.4 Å². The van der Waals surface area contributed by atoms with E-state index in [0.29, 0.717) is 23.3 Å². The molecule has 0 spiro atoms. The summed E-state index contributed by atoms with van der Waals surface area (Å²) in [5, 5.41) is 16.8. The number of hydrogen-bond acceptors (Lipinski definition) is 4. The highest BCUT2D eigenvalue weighted by molar-refractivity contribution is 6.19. The Morgan fingerprint density at radius 3 is 2.41 bits per heavy atom. The molecule has 0 fully saturated rings. The lowest BCUT2D eigenvalue weighted by molar-refractivity contribution is -0.140. The number of imide groups is 1. The van der Waals surface area contributed by atoms with Crippen LogP contribution in [-0.4, -0.2) is 33.0 Å². The Kier molecular flexibility index (Phi) is 6.53. The first-order chi connectivity index (χ1) is 18.0. The van der Waals surface area contributed by atoms with Crippen molar-refractivity contribution in [1.29, 1.82) is 5.26 Å². The topological polar surface area (TPSA) is 79.0 Å². The van der Waals surface area contributed by atoms with E-state index >= 15 is 0 Å². The molecule has 1 aromatic heterocycles. The number of para-hydroxylation sites is 1. The molecule has 0 saturated carbocycles. The number of nitriles is 1. The van der Waals surface area contributed by atoms with Gasteiger partial charge in [0.1, 0.15) is 11.6 Å². The van der Waals surface area contributed by atoms with Crippen LogP contribution < -0.4 is 0 Å². The highest BCUT2D eigenvalue weighted by Gasteiger charge is 2.35. The van der Waals surface area contributed by atoms with Crippen LogP contribution in [0.5, 0.6) is 0 Å². The first-order valence-corrected chi connectivity index (χ1v) is 12.3. The van der Waals surface area contributed by atoms with Crippen molar-refractivity contribution < 1.29 is 9.59 Å². The van der Waals surface area contributed by atoms with Gasteiger partial charge >= 0.3 is 0 Å². The van der Waals surface area contributed by atoms with Crippen molar-refractivity contribution >= 4 is 28.7 Å². The third-order valence-electron chi connectivity index (χ3n) is 6.65. The summed E-state index contributed by atoms with van der Waals surface area (Å²) in [6, 6.07) is 26.0. The van der Waals surface area contributed by atoms with Crippen molar-refractivity contribution in [1.82, 2.24) is 14.7 Å². The molecule has 0 radical (unpaired) electrons. The first-order valence-electron chi connectivity index (χ1n) is 12.3. The Morgan fingerprint density at radius 1 is 0.946 bits per heavy atom. The van der Waals surface area contributed by atoms with Gasteiger partial charge in [-0.3, -0.25) is 14.5 Å². The minimum absolute atomic E-state index is 0.00431. The average molecular weight is 487 g/mol. The van der Waals surface area contributed by atoms with E-state index in [9.17, 15) is 14.9 Å². The Bertz CT molecular complexity index is 1620. The van der Waals surface area contributed by atoms with E-state index in [2.05, 4.69) is 24.3 Å². The third-order valence-corrected chi connectivity index (χ3v) is 6.65. The summed E-state index contributed by atoms with van der Waals surface area (Å²) in [4.78, 5) is 27.5. The maximum atomic E-state index is 13.5. The van der Waals surface area contributed by atoms with Gasteiger partial charge in [-0.25, -0.2) is 4.68 Å². The lowest BCUT2D eigenvalue weighted by atomic mass is 9.93. The molecule has 0 unspecified atom stereocenters. The molecule has 182 valence electrons. The summed E-state index contributed by atoms with van der Waals surface area (Å²) in [5.74, 6) is -0.905. The molecule has 0 bridgehead atoms. The molecule has 0 aliphatic carbocycles. The number of carbonyl (C=O) groups is 2. The van der Waals surface area contributed by atoms with Crippen molar-refractivity contribution in [2.24, 2.45) is 0 Å². The summed E-state index contributed by atoms with van der Waals surface area (Å²) in [7, 11) is 0. The van der Waals surface area contributed by atoms with E-state index in [1.165, 1.54) is 4.90 Å². The second kappa shape index (κ2) is 10.1. The van der Waals surface area contributed by atoms with Gasteiger partial charge < -0.3 is 0 Å². The highest BCUT2D eigenvalue weighted by Crippen LogP contribution is 2.32. The average Bonchev–Trinajstić information content (AvgIpc) is 3.35. The summed E-state index contributed by atoms with van der Waals surface area (Å²) in [6.07, 6.45) is 5.15. The molecule has 5 rings (SSSR count). The lowest BCUT2D eigenvalue weighted by Crippen LogP contribution is -2.43. The molecule has 37 heavy (non-hydrogen) atoms. The fourth-order valence-electron chi connectivity index (χ4n) is 4.57. The fraction of sp³-hybridized carbons (Fsp3) is 0.161. The molecule has 3 aromatic carbocycles. The zero-order valence-electron chi connectivity index (χ0n) is 20.8. The van der Waals surface area contributed by atoms with Gasteiger partial charge in [0.15, 0.2) is 0 Å². The molecule has 6 heteroatoms. The standard InChI is InChI=1S/C31H26N4O2/c1-3-4-16-34-30(36)27(21(2)28(19-32)31(34)37)18-25-20-35(26-12-6-5-7-13-26)33-29(25)24-15-14-22-10-8-9-11-23(22)17-24/h5-15,17-18,20H,3-4,16H2,1-2H3/b27-18+. The van der Waals surface area contributed by atoms with Crippen LogP contribution in [0.1, 0.15) is 32.3 Å². The maximum absolute atomic E-state index is 13.5. The van der Waals surface area contributed by atoms with Crippen molar-refractivity contribution in [3.8, 4) is 23.0 Å². The van der Waals surface area contributed by atoms with Gasteiger partial charge in [0.05, 0.1) is 11.4 Å². The molecular weight excluding hydrogens is 460 g/mol. The molecule has 0 atom stereocenters. The largest absolute Gasteiger partial charge is 0.274 e. The van der Waals surface area contributed by atoms with Crippen molar-refractivity contribution in [2.45, 2.75) is 26.7 Å². The maximum Gasteiger partial charge on any atom is 0.271 e. The zero-order valence-corrected chi connectivity index (χ0v) is 20.8. The SMILES string of the molecule is CCCCN1C(=O)C(C#N)=C(C)/C(=C\c2cn(-c3ccccc3)nc2-c2ccc3ccccc3c2)C1=O. The number of unbranched alkanes of at least 4 members (excludes halogenated alkanes) is 1. The van der Waals surface area contributed by atoms with E-state index in [-0.39, 0.29) is 18.0 Å². The number of hydrogen-bond donors (Lipinski definition) is 0. The van der Waals surface area contributed by atoms with Crippen LogP contribution in [0.4, 0.5) is 0 Å². The van der Waals surface area contributed by atoms with Gasteiger partial charge in [-0.2, -0.15) is 10.4 Å². The number of benzene rings is 3. The quantitative estimate of drug-likeness (QED) is 0.244. The van der Waals surface area contributed by atoms with Gasteiger partial charge in [-0.1, -0.05) is 67.9 Å². The molecule has 1 aliphatic rings. The smallest absolute Gasteiger partial charge is 0.271 e. The van der Waals surface area contributed by atoms with E-state index in [1.54, 1.807) is 17.7 Å². The minimum atomic E-state index is -0.523. The van der Waals surface area contributed by atoms with Crippen molar-refractivity contribution in [3.05, 3.63) is 101 Å². The monoisotopic (exact) mass is 486 g/mol. The predicted octanol–water partition coefficient (Wildman–Crippen LogP) is 6.08. The van der Waals surface area contributed by atoms with Gasteiger partial charge in [0.25, 0.3) is 11.8 Å². The molecule has 4 aromatic rings. The van der Waals surface area contributed by atoms with E-state index in [0.717, 1.165) is 34.0 Å². The van der Waals surface area contributed by atoms with Crippen LogP contribution in [0, 0.1) is 11.3 Å². The van der Waals surface area contributed by atoms with Crippen LogP contribution in [0.3, 0.4) is 0 Å². The number of fused-ring (bicyclic) bond motifs is 1. The third kappa shape index (κ3) is 4.48. The zero-order chi connectivity index (χ0) is 25.9. The Balaban J connectivity index is 1.70. The fourth-order valence-corrected chi connectivity index (χ4v) is 4.57. The predicted molar refractivity (Wildman–Crippen MR) is 144 cm³/mol. The summed E-state index contributed by atoms with van der Waals surface area (Å²) < 4.78 is 1.79. The minimum Gasteiger partial charge on any atom is -0.274 e. The second-order valence-electron chi connectivity index (χ2n) is 9.06. The summed E-state index contributed by atoms with van der Waals surface area (Å²) in [6.45, 7) is 3.94. The van der Waals surface area contributed by atoms with Crippen molar-refractivity contribution in [3.63, 3.8) is 0 Å².